The van der Waals surface area contributed by atoms with Crippen LogP contribution >= 0.6 is 0 Å². The SMILES string of the molecule is CCCc1cc(C(O)(C(F)(F)F)C(F)(F)F)ccc1Oc1ccc(CCN2C(=O)NC(C)(c3ccc(OC)nc3)C2=O)nc1. The van der Waals surface area contributed by atoms with Crippen LogP contribution in [-0.2, 0) is 28.8 Å². The molecule has 1 aromatic carbocycles. The van der Waals surface area contributed by atoms with Crippen molar-refractivity contribution in [2.45, 2.75) is 56.6 Å². The highest BCUT2D eigenvalue weighted by molar-refractivity contribution is 6.07. The summed E-state index contributed by atoms with van der Waals surface area (Å²) < 4.78 is 91.0. The summed E-state index contributed by atoms with van der Waals surface area (Å²) in [7, 11) is 1.45. The van der Waals surface area contributed by atoms with Crippen molar-refractivity contribution in [1.82, 2.24) is 20.2 Å². The number of benzene rings is 1. The number of imide groups is 1. The zero-order valence-corrected chi connectivity index (χ0v) is 23.7. The average molecular weight is 627 g/mol. The third kappa shape index (κ3) is 6.00. The first kappa shape index (κ1) is 32.5. The summed E-state index contributed by atoms with van der Waals surface area (Å²) in [6.45, 7) is 3.24. The van der Waals surface area contributed by atoms with Crippen molar-refractivity contribution in [1.29, 1.82) is 0 Å². The lowest BCUT2D eigenvalue weighted by molar-refractivity contribution is -0.376. The average Bonchev–Trinajstić information content (AvgIpc) is 3.19. The molecule has 1 aliphatic rings. The highest BCUT2D eigenvalue weighted by Gasteiger charge is 2.71. The molecule has 2 aromatic heterocycles. The van der Waals surface area contributed by atoms with E-state index < -0.39 is 41.0 Å². The van der Waals surface area contributed by atoms with Gasteiger partial charge in [-0.2, -0.15) is 26.3 Å². The van der Waals surface area contributed by atoms with E-state index in [0.717, 1.165) is 11.0 Å². The summed E-state index contributed by atoms with van der Waals surface area (Å²) in [6.07, 6.45) is -8.68. The molecule has 236 valence electrons. The smallest absolute Gasteiger partial charge is 0.430 e. The van der Waals surface area contributed by atoms with E-state index in [1.54, 1.807) is 32.0 Å². The lowest BCUT2D eigenvalue weighted by atomic mass is 9.90. The summed E-state index contributed by atoms with van der Waals surface area (Å²) in [5.74, 6) is -0.0127. The number of methoxy groups -OCH3 is 1. The van der Waals surface area contributed by atoms with Crippen LogP contribution in [0.4, 0.5) is 31.1 Å². The number of halogens is 6. The van der Waals surface area contributed by atoms with Crippen LogP contribution in [0, 0.1) is 0 Å². The quantitative estimate of drug-likeness (QED) is 0.224. The van der Waals surface area contributed by atoms with E-state index in [2.05, 4.69) is 15.3 Å². The minimum Gasteiger partial charge on any atom is -0.481 e. The van der Waals surface area contributed by atoms with Crippen molar-refractivity contribution in [3.05, 3.63) is 77.2 Å². The molecule has 44 heavy (non-hydrogen) atoms. The number of hydrogen-bond acceptors (Lipinski definition) is 7. The van der Waals surface area contributed by atoms with Gasteiger partial charge in [0, 0.05) is 42.0 Å². The molecule has 1 unspecified atom stereocenters. The molecule has 1 saturated heterocycles. The van der Waals surface area contributed by atoms with Gasteiger partial charge in [0.05, 0.1) is 13.3 Å². The first-order valence-corrected chi connectivity index (χ1v) is 13.3. The molecule has 1 aliphatic heterocycles. The normalized spacial score (nSPS) is 17.5. The van der Waals surface area contributed by atoms with E-state index in [4.69, 9.17) is 9.47 Å². The molecule has 0 spiro atoms. The van der Waals surface area contributed by atoms with Crippen molar-refractivity contribution < 1.29 is 50.5 Å². The first-order valence-electron chi connectivity index (χ1n) is 13.3. The van der Waals surface area contributed by atoms with E-state index in [0.29, 0.717) is 35.7 Å². The van der Waals surface area contributed by atoms with Gasteiger partial charge in [0.2, 0.25) is 5.88 Å². The lowest BCUT2D eigenvalue weighted by Gasteiger charge is -2.33. The molecule has 0 bridgehead atoms. The number of carbonyl (C=O) groups is 2. The molecule has 15 heteroatoms. The maximum Gasteiger partial charge on any atom is 0.430 e. The van der Waals surface area contributed by atoms with E-state index in [9.17, 15) is 41.0 Å². The van der Waals surface area contributed by atoms with Crippen LogP contribution in [0.2, 0.25) is 0 Å². The maximum absolute atomic E-state index is 13.4. The summed E-state index contributed by atoms with van der Waals surface area (Å²) in [5, 5.41) is 12.4. The van der Waals surface area contributed by atoms with Gasteiger partial charge in [0.25, 0.3) is 11.5 Å². The minimum atomic E-state index is -6.01. The Morgan fingerprint density at radius 1 is 0.955 bits per heavy atom. The van der Waals surface area contributed by atoms with Gasteiger partial charge in [-0.3, -0.25) is 14.7 Å². The number of hydrogen-bond donors (Lipinski definition) is 2. The molecule has 9 nitrogen and oxygen atoms in total. The van der Waals surface area contributed by atoms with Gasteiger partial charge in [-0.05, 0) is 49.2 Å². The van der Waals surface area contributed by atoms with Gasteiger partial charge in [0.15, 0.2) is 0 Å². The van der Waals surface area contributed by atoms with Crippen LogP contribution in [0.25, 0.3) is 0 Å². The number of alkyl halides is 6. The zero-order valence-electron chi connectivity index (χ0n) is 23.7. The molecule has 0 aliphatic carbocycles. The number of carbonyl (C=O) groups excluding carboxylic acids is 2. The minimum absolute atomic E-state index is 0.000471. The van der Waals surface area contributed by atoms with Crippen molar-refractivity contribution in [2.75, 3.05) is 13.7 Å². The number of nitrogens with zero attached hydrogens (tertiary/aromatic N) is 3. The first-order chi connectivity index (χ1) is 20.5. The fraction of sp³-hybridized carbons (Fsp3) is 0.379. The monoisotopic (exact) mass is 626 g/mol. The number of aliphatic hydroxyl groups is 1. The molecule has 2 N–H and O–H groups in total. The Hall–Kier alpha value is -4.40. The van der Waals surface area contributed by atoms with Crippen LogP contribution in [0.3, 0.4) is 0 Å². The van der Waals surface area contributed by atoms with Crippen LogP contribution in [0.5, 0.6) is 17.4 Å². The Kier molecular flexibility index (Phi) is 8.82. The summed E-state index contributed by atoms with van der Waals surface area (Å²) in [6, 6.07) is 7.71. The number of nitrogens with one attached hydrogen (secondary N) is 1. The third-order valence-electron chi connectivity index (χ3n) is 7.23. The largest absolute Gasteiger partial charge is 0.481 e. The highest BCUT2D eigenvalue weighted by atomic mass is 19.4. The molecular weight excluding hydrogens is 598 g/mol. The molecule has 3 aromatic rings. The second-order valence-electron chi connectivity index (χ2n) is 10.2. The molecule has 1 atom stereocenters. The van der Waals surface area contributed by atoms with Crippen molar-refractivity contribution >= 4 is 11.9 Å². The topological polar surface area (TPSA) is 114 Å². The number of rotatable bonds is 10. The van der Waals surface area contributed by atoms with Gasteiger partial charge in [-0.1, -0.05) is 19.4 Å². The predicted octanol–water partition coefficient (Wildman–Crippen LogP) is 5.55. The molecule has 1 fully saturated rings. The van der Waals surface area contributed by atoms with E-state index in [1.807, 2.05) is 0 Å². The Balaban J connectivity index is 1.46. The van der Waals surface area contributed by atoms with Gasteiger partial charge in [-0.15, -0.1) is 0 Å². The van der Waals surface area contributed by atoms with Crippen molar-refractivity contribution in [3.63, 3.8) is 0 Å². The number of amides is 3. The molecule has 0 saturated carbocycles. The van der Waals surface area contributed by atoms with E-state index in [-0.39, 0.29) is 36.4 Å². The van der Waals surface area contributed by atoms with Gasteiger partial charge in [0.1, 0.15) is 17.0 Å². The fourth-order valence-corrected chi connectivity index (χ4v) is 4.72. The standard InChI is InChI=1S/C29H28F6N4O5/c1-4-5-17-14-18(27(42,28(30,31)32)29(33,34)35)6-10-22(17)44-21-9-8-20(36-16-21)12-13-39-24(40)26(2,38-25(39)41)19-7-11-23(43-3)37-15-19/h6-11,14-16,42H,4-5,12-13H2,1-3H3,(H,38,41). The van der Waals surface area contributed by atoms with Crippen LogP contribution < -0.4 is 14.8 Å². The molecule has 0 radical (unpaired) electrons. The number of aromatic nitrogens is 2. The van der Waals surface area contributed by atoms with Gasteiger partial charge in [-0.25, -0.2) is 9.78 Å². The summed E-state index contributed by atoms with van der Waals surface area (Å²) in [5.41, 5.74) is -6.79. The predicted molar refractivity (Wildman–Crippen MR) is 143 cm³/mol. The van der Waals surface area contributed by atoms with Crippen LogP contribution in [0.1, 0.15) is 42.7 Å². The van der Waals surface area contributed by atoms with Crippen LogP contribution in [-0.4, -0.2) is 57.9 Å². The Bertz CT molecular complexity index is 1500. The van der Waals surface area contributed by atoms with Crippen molar-refractivity contribution in [2.24, 2.45) is 0 Å². The Labute approximate surface area is 247 Å². The van der Waals surface area contributed by atoms with Gasteiger partial charge < -0.3 is 19.9 Å². The molecule has 3 amide bonds. The molecular formula is C29H28F6N4O5. The van der Waals surface area contributed by atoms with Crippen LogP contribution in [0.15, 0.2) is 54.9 Å². The molecule has 4 rings (SSSR count). The number of aryl methyl sites for hydroxylation is 1. The zero-order chi connectivity index (χ0) is 32.5. The maximum atomic E-state index is 13.4. The third-order valence-corrected chi connectivity index (χ3v) is 7.23. The van der Waals surface area contributed by atoms with Crippen molar-refractivity contribution in [3.8, 4) is 17.4 Å². The second kappa shape index (κ2) is 11.9. The number of pyridine rings is 2. The van der Waals surface area contributed by atoms with E-state index in [1.165, 1.54) is 25.6 Å². The summed E-state index contributed by atoms with van der Waals surface area (Å²) in [4.78, 5) is 35.2. The van der Waals surface area contributed by atoms with Gasteiger partial charge >= 0.3 is 18.4 Å². The number of ether oxygens (including phenoxy) is 2. The Morgan fingerprint density at radius 3 is 2.20 bits per heavy atom. The summed E-state index contributed by atoms with van der Waals surface area (Å²) >= 11 is 0. The molecule has 3 heterocycles. The lowest BCUT2D eigenvalue weighted by Crippen LogP contribution is -2.53. The second-order valence-corrected chi connectivity index (χ2v) is 10.2. The number of urea groups is 1. The highest BCUT2D eigenvalue weighted by Crippen LogP contribution is 2.50. The Morgan fingerprint density at radius 2 is 1.66 bits per heavy atom. The fourth-order valence-electron chi connectivity index (χ4n) is 4.72. The van der Waals surface area contributed by atoms with E-state index >= 15 is 0 Å².